The van der Waals surface area contributed by atoms with Crippen molar-refractivity contribution in [3.05, 3.63) is 16.0 Å². The van der Waals surface area contributed by atoms with Gasteiger partial charge in [-0.1, -0.05) is 13.8 Å². The van der Waals surface area contributed by atoms with E-state index in [0.29, 0.717) is 22.9 Å². The zero-order valence-corrected chi connectivity index (χ0v) is 15.2. The zero-order chi connectivity index (χ0) is 17.9. The van der Waals surface area contributed by atoms with Crippen molar-refractivity contribution in [3.63, 3.8) is 0 Å². The van der Waals surface area contributed by atoms with Gasteiger partial charge < -0.3 is 14.8 Å². The zero-order valence-electron chi connectivity index (χ0n) is 14.4. The van der Waals surface area contributed by atoms with Gasteiger partial charge in [-0.15, -0.1) is 11.3 Å². The van der Waals surface area contributed by atoms with Crippen LogP contribution in [0.25, 0.3) is 0 Å². The molecule has 2 atom stereocenters. The van der Waals surface area contributed by atoms with Gasteiger partial charge in [-0.05, 0) is 38.2 Å². The van der Waals surface area contributed by atoms with E-state index in [9.17, 15) is 14.4 Å². The Morgan fingerprint density at radius 1 is 1.25 bits per heavy atom. The molecular formula is C17H23NO5S. The van der Waals surface area contributed by atoms with Crippen LogP contribution in [0.1, 0.15) is 48.0 Å². The summed E-state index contributed by atoms with van der Waals surface area (Å²) in [5.41, 5.74) is 1.27. The highest BCUT2D eigenvalue weighted by Gasteiger charge is 2.40. The highest BCUT2D eigenvalue weighted by atomic mass is 32.1. The van der Waals surface area contributed by atoms with E-state index < -0.39 is 11.9 Å². The van der Waals surface area contributed by atoms with Crippen molar-refractivity contribution < 1.29 is 23.9 Å². The molecular weight excluding hydrogens is 330 g/mol. The Labute approximate surface area is 145 Å². The molecule has 1 aliphatic carbocycles. The summed E-state index contributed by atoms with van der Waals surface area (Å²) in [6, 6.07) is 0. The Hall–Kier alpha value is -1.89. The molecule has 0 bridgehead atoms. The van der Waals surface area contributed by atoms with E-state index in [1.807, 2.05) is 20.8 Å². The average Bonchev–Trinajstić information content (AvgIpc) is 3.17. The number of aryl methyl sites for hydroxylation is 1. The fraction of sp³-hybridized carbons (Fsp3) is 0.588. The second kappa shape index (κ2) is 7.79. The van der Waals surface area contributed by atoms with E-state index in [4.69, 9.17) is 9.47 Å². The average molecular weight is 353 g/mol. The molecule has 0 aliphatic heterocycles. The van der Waals surface area contributed by atoms with Crippen LogP contribution in [0.15, 0.2) is 0 Å². The van der Waals surface area contributed by atoms with Crippen LogP contribution >= 0.6 is 11.3 Å². The summed E-state index contributed by atoms with van der Waals surface area (Å²) >= 11 is 1.33. The summed E-state index contributed by atoms with van der Waals surface area (Å²) in [6.07, 6.45) is 1.48. The Morgan fingerprint density at radius 2 is 1.92 bits per heavy atom. The molecule has 1 aromatic heterocycles. The Morgan fingerprint density at radius 3 is 2.46 bits per heavy atom. The van der Waals surface area contributed by atoms with Crippen LogP contribution in [0.4, 0.5) is 5.00 Å². The van der Waals surface area contributed by atoms with Crippen LogP contribution in [0, 0.1) is 18.8 Å². The highest BCUT2D eigenvalue weighted by Crippen LogP contribution is 2.38. The smallest absolute Gasteiger partial charge is 0.341 e. The molecule has 1 amide bonds. The van der Waals surface area contributed by atoms with E-state index in [2.05, 4.69) is 5.32 Å². The van der Waals surface area contributed by atoms with Crippen LogP contribution in [-0.2, 0) is 25.5 Å². The number of nitrogens with one attached hydrogen (secondary N) is 1. The first-order valence-electron chi connectivity index (χ1n) is 8.14. The van der Waals surface area contributed by atoms with E-state index in [1.54, 1.807) is 6.92 Å². The second-order valence-corrected chi connectivity index (χ2v) is 7.12. The first-order valence-corrected chi connectivity index (χ1v) is 8.96. The molecule has 6 nitrogen and oxygen atoms in total. The Bertz CT molecular complexity index is 652. The molecule has 24 heavy (non-hydrogen) atoms. The van der Waals surface area contributed by atoms with Gasteiger partial charge in [-0.25, -0.2) is 4.79 Å². The number of hydrogen-bond donors (Lipinski definition) is 1. The lowest BCUT2D eigenvalue weighted by atomic mass is 10.1. The fourth-order valence-electron chi connectivity index (χ4n) is 2.57. The van der Waals surface area contributed by atoms with Gasteiger partial charge in [0.2, 0.25) is 0 Å². The fourth-order valence-corrected chi connectivity index (χ4v) is 3.72. The molecule has 0 saturated heterocycles. The lowest BCUT2D eigenvalue weighted by Crippen LogP contribution is -2.22. The topological polar surface area (TPSA) is 81.7 Å². The van der Waals surface area contributed by atoms with E-state index in [-0.39, 0.29) is 25.1 Å². The van der Waals surface area contributed by atoms with Crippen molar-refractivity contribution in [2.24, 2.45) is 11.8 Å². The van der Waals surface area contributed by atoms with Crippen LogP contribution < -0.4 is 5.32 Å². The minimum Gasteiger partial charge on any atom is -0.462 e. The molecule has 0 radical (unpaired) electrons. The third kappa shape index (κ3) is 4.14. The lowest BCUT2D eigenvalue weighted by molar-refractivity contribution is -0.148. The number of carbonyl (C=O) groups excluding carboxylic acids is 3. The number of carbonyl (C=O) groups is 3. The largest absolute Gasteiger partial charge is 0.462 e. The molecule has 1 aromatic rings. The third-order valence-corrected chi connectivity index (χ3v) is 5.12. The summed E-state index contributed by atoms with van der Waals surface area (Å²) in [4.78, 5) is 36.9. The first kappa shape index (κ1) is 18.4. The summed E-state index contributed by atoms with van der Waals surface area (Å²) in [5.74, 6) is -0.976. The van der Waals surface area contributed by atoms with Crippen molar-refractivity contribution >= 4 is 34.2 Å². The number of esters is 2. The quantitative estimate of drug-likeness (QED) is 0.762. The SMILES string of the molecule is CCOC(=O)c1c(NC(=O)COC(=O)[C@@H]2C[C@@H]2C)sc(C)c1CC. The van der Waals surface area contributed by atoms with Gasteiger partial charge in [0, 0.05) is 4.88 Å². The van der Waals surface area contributed by atoms with Crippen LogP contribution in [0.5, 0.6) is 0 Å². The van der Waals surface area contributed by atoms with Crippen molar-refractivity contribution in [1.82, 2.24) is 0 Å². The molecule has 7 heteroatoms. The molecule has 0 spiro atoms. The number of amides is 1. The summed E-state index contributed by atoms with van der Waals surface area (Å²) in [6.45, 7) is 7.47. The molecule has 0 unspecified atom stereocenters. The van der Waals surface area contributed by atoms with Gasteiger partial charge >= 0.3 is 11.9 Å². The molecule has 132 valence electrons. The van der Waals surface area contributed by atoms with Gasteiger partial charge in [0.25, 0.3) is 5.91 Å². The first-order chi connectivity index (χ1) is 11.4. The highest BCUT2D eigenvalue weighted by molar-refractivity contribution is 7.16. The summed E-state index contributed by atoms with van der Waals surface area (Å²) in [7, 11) is 0. The number of rotatable bonds is 7. The molecule has 1 fully saturated rings. The molecule has 1 N–H and O–H groups in total. The van der Waals surface area contributed by atoms with Crippen molar-refractivity contribution in [1.29, 1.82) is 0 Å². The van der Waals surface area contributed by atoms with Gasteiger partial charge in [0.05, 0.1) is 18.1 Å². The third-order valence-electron chi connectivity index (χ3n) is 4.05. The Kier molecular flexibility index (Phi) is 5.99. The van der Waals surface area contributed by atoms with E-state index in [0.717, 1.165) is 16.9 Å². The minimum atomic E-state index is -0.453. The normalized spacial score (nSPS) is 18.8. The van der Waals surface area contributed by atoms with Crippen molar-refractivity contribution in [2.75, 3.05) is 18.5 Å². The standard InChI is InChI=1S/C17H23NO5S/c1-5-11-10(4)24-15(14(11)17(21)22-6-2)18-13(19)8-23-16(20)12-7-9(12)3/h9,12H,5-8H2,1-4H3,(H,18,19)/t9-,12+/m0/s1. The lowest BCUT2D eigenvalue weighted by Gasteiger charge is -2.08. The molecule has 2 rings (SSSR count). The number of thiophene rings is 1. The maximum atomic E-state index is 12.2. The number of anilines is 1. The van der Waals surface area contributed by atoms with Crippen LogP contribution in [-0.4, -0.2) is 31.1 Å². The number of hydrogen-bond acceptors (Lipinski definition) is 6. The van der Waals surface area contributed by atoms with Gasteiger partial charge in [0.15, 0.2) is 6.61 Å². The van der Waals surface area contributed by atoms with Crippen LogP contribution in [0.3, 0.4) is 0 Å². The van der Waals surface area contributed by atoms with Crippen molar-refractivity contribution in [3.8, 4) is 0 Å². The van der Waals surface area contributed by atoms with Gasteiger partial charge in [-0.2, -0.15) is 0 Å². The maximum absolute atomic E-state index is 12.2. The summed E-state index contributed by atoms with van der Waals surface area (Å²) in [5, 5.41) is 3.12. The van der Waals surface area contributed by atoms with Crippen LogP contribution in [0.2, 0.25) is 0 Å². The monoisotopic (exact) mass is 353 g/mol. The second-order valence-electron chi connectivity index (χ2n) is 5.89. The molecule has 0 aromatic carbocycles. The predicted molar refractivity (Wildman–Crippen MR) is 91.3 cm³/mol. The van der Waals surface area contributed by atoms with E-state index in [1.165, 1.54) is 11.3 Å². The predicted octanol–water partition coefficient (Wildman–Crippen LogP) is 2.93. The van der Waals surface area contributed by atoms with E-state index >= 15 is 0 Å². The minimum absolute atomic E-state index is 0.0800. The molecule has 1 heterocycles. The maximum Gasteiger partial charge on any atom is 0.341 e. The van der Waals surface area contributed by atoms with Gasteiger partial charge in [0.1, 0.15) is 5.00 Å². The number of ether oxygens (including phenoxy) is 2. The molecule has 1 aliphatic rings. The molecule has 1 saturated carbocycles. The summed E-state index contributed by atoms with van der Waals surface area (Å²) < 4.78 is 10.1. The van der Waals surface area contributed by atoms with Crippen molar-refractivity contribution in [2.45, 2.75) is 40.5 Å². The van der Waals surface area contributed by atoms with Gasteiger partial charge in [-0.3, -0.25) is 9.59 Å². The Balaban J connectivity index is 2.03.